The quantitative estimate of drug-likeness (QED) is 0.762. The molecule has 1 unspecified atom stereocenters. The van der Waals surface area contributed by atoms with E-state index in [1.54, 1.807) is 18.2 Å². The fourth-order valence-electron chi connectivity index (χ4n) is 2.09. The Morgan fingerprint density at radius 1 is 1.14 bits per heavy atom. The Morgan fingerprint density at radius 2 is 1.86 bits per heavy atom. The predicted octanol–water partition coefficient (Wildman–Crippen LogP) is 5.76. The molecule has 2 rings (SSSR count). The zero-order valence-electron chi connectivity index (χ0n) is 12.0. The lowest BCUT2D eigenvalue weighted by Gasteiger charge is -2.15. The van der Waals surface area contributed by atoms with Crippen LogP contribution in [-0.2, 0) is 0 Å². The molecule has 0 saturated carbocycles. The Hall–Kier alpha value is -1.51. The Balaban J connectivity index is 2.25. The minimum Gasteiger partial charge on any atom is -0.322 e. The highest BCUT2D eigenvalue weighted by molar-refractivity contribution is 6.42. The average Bonchev–Trinajstić information content (AvgIpc) is 2.49. The maximum Gasteiger partial charge on any atom is 0.255 e. The maximum atomic E-state index is 12.3. The number of carbonyl (C=O) groups excluding carboxylic acids is 1. The summed E-state index contributed by atoms with van der Waals surface area (Å²) in [4.78, 5) is 12.3. The third-order valence-electron chi connectivity index (χ3n) is 3.53. The molecule has 2 aromatic rings. The predicted molar refractivity (Wildman–Crippen MR) is 89.6 cm³/mol. The molecule has 21 heavy (non-hydrogen) atoms. The van der Waals surface area contributed by atoms with Gasteiger partial charge >= 0.3 is 0 Å². The second kappa shape index (κ2) is 6.97. The van der Waals surface area contributed by atoms with Crippen LogP contribution in [0.15, 0.2) is 42.5 Å². The van der Waals surface area contributed by atoms with E-state index in [4.69, 9.17) is 23.2 Å². The van der Waals surface area contributed by atoms with Crippen LogP contribution in [0.5, 0.6) is 0 Å². The number of hydrogen-bond acceptors (Lipinski definition) is 1. The number of hydrogen-bond donors (Lipinski definition) is 1. The molecule has 0 heterocycles. The normalized spacial score (nSPS) is 12.0. The second-order valence-electron chi connectivity index (χ2n) is 4.98. The topological polar surface area (TPSA) is 29.1 Å². The molecule has 0 saturated heterocycles. The van der Waals surface area contributed by atoms with Gasteiger partial charge in [0, 0.05) is 11.3 Å². The Kier molecular flexibility index (Phi) is 5.27. The van der Waals surface area contributed by atoms with E-state index in [1.165, 1.54) is 0 Å². The van der Waals surface area contributed by atoms with Gasteiger partial charge in [0.1, 0.15) is 0 Å². The van der Waals surface area contributed by atoms with Crippen LogP contribution >= 0.6 is 23.2 Å². The molecule has 0 fully saturated rings. The summed E-state index contributed by atoms with van der Waals surface area (Å²) in [5.74, 6) is 0.194. The van der Waals surface area contributed by atoms with Crippen LogP contribution in [-0.4, -0.2) is 5.91 Å². The third kappa shape index (κ3) is 3.78. The highest BCUT2D eigenvalue weighted by Gasteiger charge is 2.13. The maximum absolute atomic E-state index is 12.3. The third-order valence-corrected chi connectivity index (χ3v) is 4.27. The van der Waals surface area contributed by atoms with E-state index in [0.717, 1.165) is 17.7 Å². The summed E-state index contributed by atoms with van der Waals surface area (Å²) in [5.41, 5.74) is 2.46. The van der Waals surface area contributed by atoms with Gasteiger partial charge < -0.3 is 5.32 Å². The highest BCUT2D eigenvalue weighted by atomic mass is 35.5. The molecule has 2 aromatic carbocycles. The summed E-state index contributed by atoms with van der Waals surface area (Å²) >= 11 is 11.8. The number of nitrogens with one attached hydrogen (secondary N) is 1. The van der Waals surface area contributed by atoms with Gasteiger partial charge in [-0.1, -0.05) is 55.2 Å². The van der Waals surface area contributed by atoms with E-state index >= 15 is 0 Å². The molecule has 0 aliphatic rings. The molecule has 1 amide bonds. The molecule has 1 N–H and O–H groups in total. The van der Waals surface area contributed by atoms with Crippen molar-refractivity contribution in [3.05, 3.63) is 63.6 Å². The van der Waals surface area contributed by atoms with Crippen LogP contribution in [0.1, 0.15) is 42.1 Å². The molecular formula is C17H17Cl2NO. The zero-order valence-corrected chi connectivity index (χ0v) is 13.5. The van der Waals surface area contributed by atoms with E-state index in [1.807, 2.05) is 24.3 Å². The van der Waals surface area contributed by atoms with E-state index in [2.05, 4.69) is 19.2 Å². The van der Waals surface area contributed by atoms with Crippen LogP contribution < -0.4 is 5.32 Å². The molecule has 2 nitrogen and oxygen atoms in total. The van der Waals surface area contributed by atoms with Crippen molar-refractivity contribution in [1.82, 2.24) is 0 Å². The van der Waals surface area contributed by atoms with Gasteiger partial charge in [-0.25, -0.2) is 0 Å². The van der Waals surface area contributed by atoms with Crippen LogP contribution in [0.2, 0.25) is 10.0 Å². The summed E-state index contributed by atoms with van der Waals surface area (Å²) in [6, 6.07) is 12.7. The number of benzene rings is 2. The van der Waals surface area contributed by atoms with Crippen molar-refractivity contribution in [2.75, 3.05) is 5.32 Å². The summed E-state index contributed by atoms with van der Waals surface area (Å²) in [5, 5.41) is 3.76. The van der Waals surface area contributed by atoms with Gasteiger partial charge in [-0.05, 0) is 42.2 Å². The van der Waals surface area contributed by atoms with Crippen LogP contribution in [0.3, 0.4) is 0 Å². The molecule has 110 valence electrons. The van der Waals surface area contributed by atoms with Crippen molar-refractivity contribution in [2.24, 2.45) is 0 Å². The average molecular weight is 322 g/mol. The smallest absolute Gasteiger partial charge is 0.255 e. The molecule has 0 spiro atoms. The number of rotatable bonds is 4. The Bertz CT molecular complexity index is 655. The van der Waals surface area contributed by atoms with Gasteiger partial charge in [0.25, 0.3) is 5.91 Å². The van der Waals surface area contributed by atoms with E-state index in [-0.39, 0.29) is 5.91 Å². The van der Waals surface area contributed by atoms with Crippen LogP contribution in [0.25, 0.3) is 0 Å². The van der Waals surface area contributed by atoms with Crippen molar-refractivity contribution in [1.29, 1.82) is 0 Å². The number of anilines is 1. The first-order chi connectivity index (χ1) is 10.0. The van der Waals surface area contributed by atoms with Crippen molar-refractivity contribution in [2.45, 2.75) is 26.2 Å². The van der Waals surface area contributed by atoms with Gasteiger partial charge in [0.15, 0.2) is 0 Å². The lowest BCUT2D eigenvalue weighted by molar-refractivity contribution is 0.102. The fraction of sp³-hybridized carbons (Fsp3) is 0.235. The largest absolute Gasteiger partial charge is 0.322 e. The first-order valence-electron chi connectivity index (χ1n) is 6.88. The Labute approximate surface area is 135 Å². The first kappa shape index (κ1) is 15.9. The summed E-state index contributed by atoms with van der Waals surface area (Å²) < 4.78 is 0. The molecule has 0 aliphatic carbocycles. The number of amides is 1. The molecule has 4 heteroatoms. The van der Waals surface area contributed by atoms with Crippen molar-refractivity contribution < 1.29 is 4.79 Å². The SMILES string of the molecule is CCC(C)c1ccccc1NC(=O)c1ccc(Cl)c(Cl)c1. The highest BCUT2D eigenvalue weighted by Crippen LogP contribution is 2.28. The van der Waals surface area contributed by atoms with Gasteiger partial charge in [0.2, 0.25) is 0 Å². The molecule has 0 aromatic heterocycles. The number of halogens is 2. The van der Waals surface area contributed by atoms with Gasteiger partial charge in [-0.15, -0.1) is 0 Å². The molecule has 0 aliphatic heterocycles. The van der Waals surface area contributed by atoms with Crippen LogP contribution in [0.4, 0.5) is 5.69 Å². The minimum absolute atomic E-state index is 0.190. The van der Waals surface area contributed by atoms with Crippen molar-refractivity contribution >= 4 is 34.8 Å². The van der Waals surface area contributed by atoms with Crippen molar-refractivity contribution in [3.8, 4) is 0 Å². The molecular weight excluding hydrogens is 305 g/mol. The summed E-state index contributed by atoms with van der Waals surface area (Å²) in [6.45, 7) is 4.27. The van der Waals surface area contributed by atoms with E-state index < -0.39 is 0 Å². The van der Waals surface area contributed by atoms with Gasteiger partial charge in [0.05, 0.1) is 10.0 Å². The van der Waals surface area contributed by atoms with Gasteiger partial charge in [-0.2, -0.15) is 0 Å². The minimum atomic E-state index is -0.190. The first-order valence-corrected chi connectivity index (χ1v) is 7.63. The fourth-order valence-corrected chi connectivity index (χ4v) is 2.39. The van der Waals surface area contributed by atoms with Crippen molar-refractivity contribution in [3.63, 3.8) is 0 Å². The molecule has 1 atom stereocenters. The Morgan fingerprint density at radius 3 is 2.52 bits per heavy atom. The van der Waals surface area contributed by atoms with E-state index in [9.17, 15) is 4.79 Å². The molecule has 0 radical (unpaired) electrons. The molecule has 0 bridgehead atoms. The lowest BCUT2D eigenvalue weighted by atomic mass is 9.97. The monoisotopic (exact) mass is 321 g/mol. The number of para-hydroxylation sites is 1. The lowest BCUT2D eigenvalue weighted by Crippen LogP contribution is -2.13. The second-order valence-corrected chi connectivity index (χ2v) is 5.79. The summed E-state index contributed by atoms with van der Waals surface area (Å²) in [7, 11) is 0. The van der Waals surface area contributed by atoms with Crippen LogP contribution in [0, 0.1) is 0 Å². The van der Waals surface area contributed by atoms with Gasteiger partial charge in [-0.3, -0.25) is 4.79 Å². The zero-order chi connectivity index (χ0) is 15.4. The standard InChI is InChI=1S/C17H17Cl2NO/c1-3-11(2)13-6-4-5-7-16(13)20-17(21)12-8-9-14(18)15(19)10-12/h4-11H,3H2,1-2H3,(H,20,21). The number of carbonyl (C=O) groups is 1. The summed E-state index contributed by atoms with van der Waals surface area (Å²) in [6.07, 6.45) is 1.01. The van der Waals surface area contributed by atoms with E-state index in [0.29, 0.717) is 21.5 Å².